The van der Waals surface area contributed by atoms with E-state index in [-0.39, 0.29) is 6.10 Å². The van der Waals surface area contributed by atoms with Gasteiger partial charge in [0, 0.05) is 12.6 Å². The number of hydrogen-bond donors (Lipinski definition) is 1. The summed E-state index contributed by atoms with van der Waals surface area (Å²) in [6.07, 6.45) is 2.24. The van der Waals surface area contributed by atoms with Gasteiger partial charge in [0.15, 0.2) is 0 Å². The molecule has 0 fully saturated rings. The maximum Gasteiger partial charge on any atom is 0.122 e. The fourth-order valence-electron chi connectivity index (χ4n) is 2.42. The predicted octanol–water partition coefficient (Wildman–Crippen LogP) is 3.34. The molecule has 0 amide bonds. The van der Waals surface area contributed by atoms with Gasteiger partial charge < -0.3 is 14.8 Å². The molecule has 114 valence electrons. The second kappa shape index (κ2) is 8.98. The first kappa shape index (κ1) is 17.0. The van der Waals surface area contributed by atoms with Gasteiger partial charge in [0.25, 0.3) is 0 Å². The summed E-state index contributed by atoms with van der Waals surface area (Å²) < 4.78 is 11.3. The van der Waals surface area contributed by atoms with Crippen molar-refractivity contribution in [1.29, 1.82) is 0 Å². The molecule has 0 spiro atoms. The highest BCUT2D eigenvalue weighted by atomic mass is 16.5. The zero-order valence-corrected chi connectivity index (χ0v) is 13.5. The summed E-state index contributed by atoms with van der Waals surface area (Å²) in [4.78, 5) is 0. The Morgan fingerprint density at radius 3 is 2.60 bits per heavy atom. The number of rotatable bonds is 9. The molecule has 0 radical (unpaired) electrons. The molecule has 0 aliphatic rings. The van der Waals surface area contributed by atoms with E-state index in [9.17, 15) is 0 Å². The van der Waals surface area contributed by atoms with E-state index in [0.29, 0.717) is 6.04 Å². The minimum Gasteiger partial charge on any atom is -0.496 e. The van der Waals surface area contributed by atoms with Gasteiger partial charge in [0.05, 0.1) is 13.2 Å². The number of hydrogen-bond acceptors (Lipinski definition) is 3. The zero-order chi connectivity index (χ0) is 15.0. The standard InChI is InChI=1S/C17H29NO2/c1-6-10-18-16(14(4)20-7-2)12-15-11-13(3)8-9-17(15)19-5/h8-9,11,14,16,18H,6-7,10,12H2,1-5H3. The van der Waals surface area contributed by atoms with Gasteiger partial charge in [-0.15, -0.1) is 0 Å². The van der Waals surface area contributed by atoms with Crippen molar-refractivity contribution in [2.75, 3.05) is 20.3 Å². The molecule has 0 heterocycles. The third-order valence-electron chi connectivity index (χ3n) is 3.53. The summed E-state index contributed by atoms with van der Waals surface area (Å²) in [5, 5.41) is 3.59. The Morgan fingerprint density at radius 2 is 2.00 bits per heavy atom. The molecular weight excluding hydrogens is 250 g/mol. The first-order chi connectivity index (χ1) is 9.62. The van der Waals surface area contributed by atoms with Crippen LogP contribution in [-0.2, 0) is 11.2 Å². The van der Waals surface area contributed by atoms with Crippen molar-refractivity contribution in [3.63, 3.8) is 0 Å². The first-order valence-electron chi connectivity index (χ1n) is 7.60. The molecule has 0 aliphatic carbocycles. The van der Waals surface area contributed by atoms with E-state index < -0.39 is 0 Å². The molecule has 0 aliphatic heterocycles. The van der Waals surface area contributed by atoms with Crippen molar-refractivity contribution in [2.24, 2.45) is 0 Å². The number of nitrogens with one attached hydrogen (secondary N) is 1. The number of methoxy groups -OCH3 is 1. The fourth-order valence-corrected chi connectivity index (χ4v) is 2.42. The van der Waals surface area contributed by atoms with Crippen molar-refractivity contribution in [1.82, 2.24) is 5.32 Å². The van der Waals surface area contributed by atoms with Crippen molar-refractivity contribution >= 4 is 0 Å². The molecule has 2 atom stereocenters. The maximum atomic E-state index is 5.77. The van der Waals surface area contributed by atoms with Gasteiger partial charge in [-0.2, -0.15) is 0 Å². The summed E-state index contributed by atoms with van der Waals surface area (Å²) in [7, 11) is 1.73. The lowest BCUT2D eigenvalue weighted by Gasteiger charge is -2.26. The Kier molecular flexibility index (Phi) is 7.63. The number of aryl methyl sites for hydroxylation is 1. The molecular formula is C17H29NO2. The van der Waals surface area contributed by atoms with Crippen LogP contribution in [-0.4, -0.2) is 32.4 Å². The normalized spacial score (nSPS) is 14.1. The summed E-state index contributed by atoms with van der Waals surface area (Å²) in [5.41, 5.74) is 2.51. The van der Waals surface area contributed by atoms with Crippen LogP contribution < -0.4 is 10.1 Å². The Hall–Kier alpha value is -1.06. The summed E-state index contributed by atoms with van der Waals surface area (Å²) in [5.74, 6) is 0.961. The zero-order valence-electron chi connectivity index (χ0n) is 13.5. The molecule has 1 rings (SSSR count). The highest BCUT2D eigenvalue weighted by molar-refractivity contribution is 5.37. The van der Waals surface area contributed by atoms with Crippen LogP contribution in [0.25, 0.3) is 0 Å². The molecule has 3 nitrogen and oxygen atoms in total. The lowest BCUT2D eigenvalue weighted by atomic mass is 9.99. The average molecular weight is 279 g/mol. The fraction of sp³-hybridized carbons (Fsp3) is 0.647. The lowest BCUT2D eigenvalue weighted by Crippen LogP contribution is -2.42. The minimum atomic E-state index is 0.191. The molecule has 2 unspecified atom stereocenters. The predicted molar refractivity (Wildman–Crippen MR) is 84.6 cm³/mol. The minimum absolute atomic E-state index is 0.191. The molecule has 0 saturated carbocycles. The van der Waals surface area contributed by atoms with Crippen LogP contribution in [0.15, 0.2) is 18.2 Å². The van der Waals surface area contributed by atoms with Crippen molar-refractivity contribution in [3.8, 4) is 5.75 Å². The van der Waals surface area contributed by atoms with E-state index in [1.54, 1.807) is 7.11 Å². The Labute approximate surface area is 123 Å². The van der Waals surface area contributed by atoms with E-state index in [2.05, 4.69) is 38.2 Å². The van der Waals surface area contributed by atoms with Crippen LogP contribution >= 0.6 is 0 Å². The Morgan fingerprint density at radius 1 is 1.25 bits per heavy atom. The Balaban J connectivity index is 2.84. The van der Waals surface area contributed by atoms with Gasteiger partial charge in [0.1, 0.15) is 5.75 Å². The van der Waals surface area contributed by atoms with Crippen LogP contribution in [0.4, 0.5) is 0 Å². The third kappa shape index (κ3) is 5.14. The van der Waals surface area contributed by atoms with Gasteiger partial charge in [-0.3, -0.25) is 0 Å². The number of benzene rings is 1. The van der Waals surface area contributed by atoms with Gasteiger partial charge in [-0.05, 0) is 51.8 Å². The van der Waals surface area contributed by atoms with Crippen LogP contribution in [0.3, 0.4) is 0 Å². The molecule has 20 heavy (non-hydrogen) atoms. The highest BCUT2D eigenvalue weighted by Gasteiger charge is 2.19. The second-order valence-electron chi connectivity index (χ2n) is 5.24. The average Bonchev–Trinajstić information content (AvgIpc) is 2.43. The van der Waals surface area contributed by atoms with E-state index in [1.807, 2.05) is 13.0 Å². The van der Waals surface area contributed by atoms with E-state index in [1.165, 1.54) is 11.1 Å². The van der Waals surface area contributed by atoms with Crippen molar-refractivity contribution in [3.05, 3.63) is 29.3 Å². The summed E-state index contributed by atoms with van der Waals surface area (Å²) >= 11 is 0. The monoisotopic (exact) mass is 279 g/mol. The van der Waals surface area contributed by atoms with Gasteiger partial charge in [-0.25, -0.2) is 0 Å². The Bertz CT molecular complexity index is 393. The van der Waals surface area contributed by atoms with E-state index >= 15 is 0 Å². The smallest absolute Gasteiger partial charge is 0.122 e. The van der Waals surface area contributed by atoms with Crippen LogP contribution in [0.5, 0.6) is 5.75 Å². The van der Waals surface area contributed by atoms with Gasteiger partial charge >= 0.3 is 0 Å². The maximum absolute atomic E-state index is 5.77. The van der Waals surface area contributed by atoms with Crippen LogP contribution in [0.1, 0.15) is 38.3 Å². The highest BCUT2D eigenvalue weighted by Crippen LogP contribution is 2.22. The SMILES string of the molecule is CCCNC(Cc1cc(C)ccc1OC)C(C)OCC. The number of ether oxygens (including phenoxy) is 2. The summed E-state index contributed by atoms with van der Waals surface area (Å²) in [6, 6.07) is 6.65. The largest absolute Gasteiger partial charge is 0.496 e. The molecule has 0 saturated heterocycles. The molecule has 3 heteroatoms. The molecule has 1 aromatic rings. The van der Waals surface area contributed by atoms with Gasteiger partial charge in [0.2, 0.25) is 0 Å². The van der Waals surface area contributed by atoms with Crippen molar-refractivity contribution in [2.45, 2.75) is 52.7 Å². The molecule has 1 aromatic carbocycles. The first-order valence-corrected chi connectivity index (χ1v) is 7.60. The molecule has 0 aromatic heterocycles. The second-order valence-corrected chi connectivity index (χ2v) is 5.24. The third-order valence-corrected chi connectivity index (χ3v) is 3.53. The van der Waals surface area contributed by atoms with Crippen molar-refractivity contribution < 1.29 is 9.47 Å². The summed E-state index contributed by atoms with van der Waals surface area (Å²) in [6.45, 7) is 10.2. The van der Waals surface area contributed by atoms with Crippen LogP contribution in [0, 0.1) is 6.92 Å². The van der Waals surface area contributed by atoms with Gasteiger partial charge in [-0.1, -0.05) is 24.6 Å². The lowest BCUT2D eigenvalue weighted by molar-refractivity contribution is 0.0475. The van der Waals surface area contributed by atoms with E-state index in [0.717, 1.165) is 31.7 Å². The molecule has 0 bridgehead atoms. The van der Waals surface area contributed by atoms with E-state index in [4.69, 9.17) is 9.47 Å². The molecule has 1 N–H and O–H groups in total. The topological polar surface area (TPSA) is 30.5 Å². The quantitative estimate of drug-likeness (QED) is 0.752. The van der Waals surface area contributed by atoms with Crippen LogP contribution in [0.2, 0.25) is 0 Å².